The van der Waals surface area contributed by atoms with Gasteiger partial charge in [-0.05, 0) is 37.1 Å². The van der Waals surface area contributed by atoms with Crippen LogP contribution in [-0.4, -0.2) is 49.1 Å². The molecule has 3 aromatic rings. The molecule has 0 saturated carbocycles. The van der Waals surface area contributed by atoms with Gasteiger partial charge in [0, 0.05) is 24.2 Å². The predicted octanol–water partition coefficient (Wildman–Crippen LogP) is 2.63. The molecule has 0 spiro atoms. The molecule has 2 heterocycles. The number of rotatable bonds is 4. The van der Waals surface area contributed by atoms with E-state index in [9.17, 15) is 24.8 Å². The third-order valence-electron chi connectivity index (χ3n) is 5.56. The number of piperidine rings is 1. The minimum atomic E-state index is -1.20. The lowest BCUT2D eigenvalue weighted by atomic mass is 9.90. The molecule has 1 amide bonds. The van der Waals surface area contributed by atoms with Crippen molar-refractivity contribution in [2.45, 2.75) is 25.0 Å². The van der Waals surface area contributed by atoms with E-state index in [1.54, 1.807) is 24.3 Å². The van der Waals surface area contributed by atoms with Crippen molar-refractivity contribution in [3.8, 4) is 0 Å². The molecule has 31 heavy (non-hydrogen) atoms. The molecule has 1 fully saturated rings. The molecular weight excluding hydrogens is 424 g/mol. The smallest absolute Gasteiger partial charge is 0.282 e. The number of benzene rings is 2. The molecule has 0 unspecified atom stereocenters. The predicted molar refractivity (Wildman–Crippen MR) is 114 cm³/mol. The summed E-state index contributed by atoms with van der Waals surface area (Å²) in [5, 5.41) is 23.1. The molecule has 0 aliphatic carbocycles. The number of amides is 1. The van der Waals surface area contributed by atoms with E-state index in [4.69, 9.17) is 11.6 Å². The number of likely N-dealkylation sites (tertiary alicyclic amines) is 1. The molecule has 0 atom stereocenters. The quantitative estimate of drug-likeness (QED) is 0.490. The van der Waals surface area contributed by atoms with Gasteiger partial charge in [-0.25, -0.2) is 4.98 Å². The fourth-order valence-corrected chi connectivity index (χ4v) is 4.00. The van der Waals surface area contributed by atoms with Gasteiger partial charge in [0.2, 0.25) is 0 Å². The van der Waals surface area contributed by atoms with Crippen molar-refractivity contribution in [3.63, 3.8) is 0 Å². The average Bonchev–Trinajstić information content (AvgIpc) is 2.75. The number of hydrogen-bond donors (Lipinski definition) is 1. The monoisotopic (exact) mass is 442 g/mol. The van der Waals surface area contributed by atoms with Gasteiger partial charge < -0.3 is 10.0 Å². The van der Waals surface area contributed by atoms with Gasteiger partial charge in [-0.3, -0.25) is 24.3 Å². The number of fused-ring (bicyclic) bond motifs is 1. The Morgan fingerprint density at radius 2 is 1.94 bits per heavy atom. The molecule has 10 heteroatoms. The lowest BCUT2D eigenvalue weighted by Crippen LogP contribution is -2.49. The zero-order valence-electron chi connectivity index (χ0n) is 16.4. The molecule has 1 aliphatic rings. The molecule has 160 valence electrons. The van der Waals surface area contributed by atoms with Crippen molar-refractivity contribution in [2.24, 2.45) is 0 Å². The third kappa shape index (κ3) is 4.14. The van der Waals surface area contributed by atoms with E-state index in [0.29, 0.717) is 15.9 Å². The maximum atomic E-state index is 12.8. The Balaban J connectivity index is 1.49. The Kier molecular flexibility index (Phi) is 5.47. The van der Waals surface area contributed by atoms with Crippen molar-refractivity contribution in [1.29, 1.82) is 0 Å². The highest BCUT2D eigenvalue weighted by molar-refractivity contribution is 6.31. The van der Waals surface area contributed by atoms with Gasteiger partial charge in [0.15, 0.2) is 0 Å². The minimum absolute atomic E-state index is 0.0200. The van der Waals surface area contributed by atoms with Crippen LogP contribution in [0, 0.1) is 10.1 Å². The van der Waals surface area contributed by atoms with E-state index in [0.717, 1.165) is 0 Å². The average molecular weight is 443 g/mol. The fourth-order valence-electron chi connectivity index (χ4n) is 3.83. The molecule has 0 radical (unpaired) electrons. The van der Waals surface area contributed by atoms with Crippen LogP contribution >= 0.6 is 11.6 Å². The molecule has 1 N–H and O–H groups in total. The normalized spacial score (nSPS) is 15.7. The van der Waals surface area contributed by atoms with Gasteiger partial charge in [-0.15, -0.1) is 0 Å². The summed E-state index contributed by atoms with van der Waals surface area (Å²) < 4.78 is 1.36. The maximum Gasteiger partial charge on any atom is 0.282 e. The highest BCUT2D eigenvalue weighted by atomic mass is 35.5. The van der Waals surface area contributed by atoms with Crippen LogP contribution in [0.4, 0.5) is 5.69 Å². The van der Waals surface area contributed by atoms with Crippen molar-refractivity contribution in [3.05, 3.63) is 79.8 Å². The summed E-state index contributed by atoms with van der Waals surface area (Å²) in [5.74, 6) is -0.448. The zero-order valence-corrected chi connectivity index (χ0v) is 17.2. The highest BCUT2D eigenvalue weighted by Gasteiger charge is 2.36. The van der Waals surface area contributed by atoms with E-state index < -0.39 is 16.4 Å². The Hall–Kier alpha value is -3.30. The summed E-state index contributed by atoms with van der Waals surface area (Å²) in [6.45, 7) is 0.463. The van der Waals surface area contributed by atoms with Crippen LogP contribution in [0.1, 0.15) is 23.2 Å². The van der Waals surface area contributed by atoms with Crippen molar-refractivity contribution >= 4 is 34.1 Å². The lowest BCUT2D eigenvalue weighted by molar-refractivity contribution is -0.385. The number of aromatic nitrogens is 2. The molecule has 9 nitrogen and oxygen atoms in total. The van der Waals surface area contributed by atoms with Crippen LogP contribution in [0.3, 0.4) is 0 Å². The topological polar surface area (TPSA) is 119 Å². The van der Waals surface area contributed by atoms with E-state index >= 15 is 0 Å². The van der Waals surface area contributed by atoms with Gasteiger partial charge in [-0.2, -0.15) is 0 Å². The first kappa shape index (κ1) is 21.0. The number of aliphatic hydroxyl groups is 1. The second-order valence-electron chi connectivity index (χ2n) is 7.63. The Labute approximate surface area is 181 Å². The van der Waals surface area contributed by atoms with Crippen LogP contribution in [0.5, 0.6) is 0 Å². The summed E-state index contributed by atoms with van der Waals surface area (Å²) in [4.78, 5) is 41.9. The fraction of sp³-hybridized carbons (Fsp3) is 0.286. The molecule has 4 rings (SSSR count). The third-order valence-corrected chi connectivity index (χ3v) is 5.80. The van der Waals surface area contributed by atoms with Crippen LogP contribution in [0.15, 0.2) is 53.6 Å². The van der Waals surface area contributed by atoms with Crippen LogP contribution in [0.2, 0.25) is 5.02 Å². The first-order valence-corrected chi connectivity index (χ1v) is 10.0. The van der Waals surface area contributed by atoms with Crippen LogP contribution in [-0.2, 0) is 6.54 Å². The van der Waals surface area contributed by atoms with E-state index in [-0.39, 0.29) is 49.3 Å². The number of carbonyl (C=O) groups excluding carboxylic acids is 1. The number of nitro benzene ring substituents is 1. The van der Waals surface area contributed by atoms with Crippen LogP contribution < -0.4 is 5.56 Å². The number of halogens is 1. The first-order valence-electron chi connectivity index (χ1n) is 9.67. The standard InChI is InChI=1S/C21H19ClN4O5/c22-14-5-6-15-17(11-14)23-13-25(19(15)27)12-21(29)7-9-24(10-8-21)20(28)16-3-1-2-4-18(16)26(30)31/h1-6,11,13,29H,7-10,12H2. The van der Waals surface area contributed by atoms with Gasteiger partial charge in [-0.1, -0.05) is 23.7 Å². The minimum Gasteiger partial charge on any atom is -0.388 e. The molecule has 0 bridgehead atoms. The summed E-state index contributed by atoms with van der Waals surface area (Å²) in [6.07, 6.45) is 1.83. The van der Waals surface area contributed by atoms with Crippen molar-refractivity contribution in [1.82, 2.24) is 14.5 Å². The van der Waals surface area contributed by atoms with Gasteiger partial charge >= 0.3 is 0 Å². The lowest BCUT2D eigenvalue weighted by Gasteiger charge is -2.38. The van der Waals surface area contributed by atoms with E-state index in [1.807, 2.05) is 0 Å². The number of nitrogens with zero attached hydrogens (tertiary/aromatic N) is 4. The highest BCUT2D eigenvalue weighted by Crippen LogP contribution is 2.27. The Bertz CT molecular complexity index is 1230. The van der Waals surface area contributed by atoms with Gasteiger partial charge in [0.05, 0.1) is 34.3 Å². The molecular formula is C21H19ClN4O5. The molecule has 1 aliphatic heterocycles. The summed E-state index contributed by atoms with van der Waals surface area (Å²) in [7, 11) is 0. The van der Waals surface area contributed by atoms with Gasteiger partial charge in [0.1, 0.15) is 5.56 Å². The number of carbonyl (C=O) groups is 1. The SMILES string of the molecule is O=C(c1ccccc1[N+](=O)[O-])N1CCC(O)(Cn2cnc3cc(Cl)ccc3c2=O)CC1. The number of para-hydroxylation sites is 1. The largest absolute Gasteiger partial charge is 0.388 e. The summed E-state index contributed by atoms with van der Waals surface area (Å²) in [6, 6.07) is 10.6. The summed E-state index contributed by atoms with van der Waals surface area (Å²) in [5.41, 5.74) is -1.24. The van der Waals surface area contributed by atoms with Gasteiger partial charge in [0.25, 0.3) is 17.2 Å². The zero-order chi connectivity index (χ0) is 22.2. The molecule has 1 aromatic heterocycles. The number of nitro groups is 1. The maximum absolute atomic E-state index is 12.8. The van der Waals surface area contributed by atoms with Crippen LogP contribution in [0.25, 0.3) is 10.9 Å². The first-order chi connectivity index (χ1) is 14.8. The molecule has 1 saturated heterocycles. The van der Waals surface area contributed by atoms with E-state index in [2.05, 4.69) is 4.98 Å². The second-order valence-corrected chi connectivity index (χ2v) is 8.07. The number of hydrogen-bond acceptors (Lipinski definition) is 6. The van der Waals surface area contributed by atoms with E-state index in [1.165, 1.54) is 34.0 Å². The van der Waals surface area contributed by atoms with Crippen molar-refractivity contribution < 1.29 is 14.8 Å². The molecule has 2 aromatic carbocycles. The Morgan fingerprint density at radius 1 is 1.23 bits per heavy atom. The second kappa shape index (κ2) is 8.09. The summed E-state index contributed by atoms with van der Waals surface area (Å²) >= 11 is 5.94. The Morgan fingerprint density at radius 3 is 2.65 bits per heavy atom. The van der Waals surface area contributed by atoms with Crippen molar-refractivity contribution in [2.75, 3.05) is 13.1 Å².